The molecule has 1 aromatic carbocycles. The highest BCUT2D eigenvalue weighted by Crippen LogP contribution is 2.16. The Balaban J connectivity index is 2.62. The maximum Gasteiger partial charge on any atom is 0.170 e. The molecule has 0 saturated carbocycles. The van der Waals surface area contributed by atoms with Crippen LogP contribution >= 0.6 is 11.8 Å². The van der Waals surface area contributed by atoms with Crippen molar-refractivity contribution in [3.05, 3.63) is 29.8 Å². The van der Waals surface area contributed by atoms with Crippen LogP contribution in [0.15, 0.2) is 29.2 Å². The van der Waals surface area contributed by atoms with Gasteiger partial charge in [-0.2, -0.15) is 0 Å². The summed E-state index contributed by atoms with van der Waals surface area (Å²) in [6, 6.07) is 7.38. The molecule has 3 heteroatoms. The van der Waals surface area contributed by atoms with Crippen LogP contribution in [0.5, 0.6) is 0 Å². The molecular weight excluding hydrogens is 220 g/mol. The molecule has 0 aromatic heterocycles. The fourth-order valence-corrected chi connectivity index (χ4v) is 1.83. The number of thioether (sulfide) groups is 1. The van der Waals surface area contributed by atoms with Crippen LogP contribution in [0.25, 0.3) is 0 Å². The lowest BCUT2D eigenvalue weighted by Crippen LogP contribution is -2.07. The average Bonchev–Trinajstić information content (AvgIpc) is 2.29. The number of ketones is 2. The first kappa shape index (κ1) is 13.0. The Morgan fingerprint density at radius 3 is 2.31 bits per heavy atom. The molecule has 16 heavy (non-hydrogen) atoms. The molecule has 0 N–H and O–H groups in total. The fraction of sp³-hybridized carbons (Fsp3) is 0.385. The molecule has 0 aliphatic rings. The van der Waals surface area contributed by atoms with Gasteiger partial charge in [0.05, 0.1) is 6.42 Å². The van der Waals surface area contributed by atoms with Gasteiger partial charge in [0.25, 0.3) is 0 Å². The summed E-state index contributed by atoms with van der Waals surface area (Å²) in [6.07, 6.45) is 3.32. The molecule has 0 saturated heterocycles. The molecule has 0 atom stereocenters. The van der Waals surface area contributed by atoms with Gasteiger partial charge >= 0.3 is 0 Å². The van der Waals surface area contributed by atoms with Crippen LogP contribution in [0.1, 0.15) is 36.5 Å². The second-order valence-electron chi connectivity index (χ2n) is 3.62. The molecule has 0 spiro atoms. The van der Waals surface area contributed by atoms with Crippen molar-refractivity contribution in [1.29, 1.82) is 0 Å². The smallest absolute Gasteiger partial charge is 0.170 e. The van der Waals surface area contributed by atoms with Crippen molar-refractivity contribution >= 4 is 23.3 Å². The zero-order valence-electron chi connectivity index (χ0n) is 9.66. The maximum absolute atomic E-state index is 11.7. The van der Waals surface area contributed by atoms with Gasteiger partial charge in [0.1, 0.15) is 5.78 Å². The van der Waals surface area contributed by atoms with Crippen LogP contribution in [0.3, 0.4) is 0 Å². The topological polar surface area (TPSA) is 34.1 Å². The number of carbonyl (C=O) groups is 2. The van der Waals surface area contributed by atoms with Crippen LogP contribution in [0.2, 0.25) is 0 Å². The Morgan fingerprint density at radius 1 is 1.19 bits per heavy atom. The third kappa shape index (κ3) is 3.81. The van der Waals surface area contributed by atoms with E-state index in [9.17, 15) is 9.59 Å². The standard InChI is InChI=1S/C13H16O2S/c1-3-4-11(14)9-13(15)10-5-7-12(16-2)8-6-10/h5-8H,3-4,9H2,1-2H3. The second kappa shape index (κ2) is 6.48. The monoisotopic (exact) mass is 236 g/mol. The van der Waals surface area contributed by atoms with E-state index in [0.29, 0.717) is 12.0 Å². The van der Waals surface area contributed by atoms with E-state index in [4.69, 9.17) is 0 Å². The first-order valence-corrected chi connectivity index (χ1v) is 6.58. The van der Waals surface area contributed by atoms with Crippen LogP contribution in [0, 0.1) is 0 Å². The summed E-state index contributed by atoms with van der Waals surface area (Å²) in [7, 11) is 0. The minimum Gasteiger partial charge on any atom is -0.299 e. The number of rotatable bonds is 6. The van der Waals surface area contributed by atoms with E-state index < -0.39 is 0 Å². The molecule has 2 nitrogen and oxygen atoms in total. The lowest BCUT2D eigenvalue weighted by molar-refractivity contribution is -0.118. The fourth-order valence-electron chi connectivity index (χ4n) is 1.43. The lowest BCUT2D eigenvalue weighted by Gasteiger charge is -2.01. The quantitative estimate of drug-likeness (QED) is 0.431. The number of hydrogen-bond acceptors (Lipinski definition) is 3. The molecule has 0 bridgehead atoms. The summed E-state index contributed by atoms with van der Waals surface area (Å²) in [4.78, 5) is 24.1. The van der Waals surface area contributed by atoms with Crippen molar-refractivity contribution in [3.8, 4) is 0 Å². The molecule has 0 radical (unpaired) electrons. The Kier molecular flexibility index (Phi) is 5.26. The highest BCUT2D eigenvalue weighted by atomic mass is 32.2. The maximum atomic E-state index is 11.7. The molecule has 1 aromatic rings. The van der Waals surface area contributed by atoms with Gasteiger partial charge in [-0.05, 0) is 24.8 Å². The van der Waals surface area contributed by atoms with Crippen molar-refractivity contribution in [2.45, 2.75) is 31.1 Å². The van der Waals surface area contributed by atoms with Crippen LogP contribution in [-0.2, 0) is 4.79 Å². The number of Topliss-reactive ketones (excluding diaryl/α,β-unsaturated/α-hetero) is 2. The Morgan fingerprint density at radius 2 is 1.81 bits per heavy atom. The van der Waals surface area contributed by atoms with Crippen LogP contribution in [-0.4, -0.2) is 17.8 Å². The first-order chi connectivity index (χ1) is 7.67. The summed E-state index contributed by atoms with van der Waals surface area (Å²) < 4.78 is 0. The van der Waals surface area contributed by atoms with Gasteiger partial charge < -0.3 is 0 Å². The molecule has 0 amide bonds. The van der Waals surface area contributed by atoms with E-state index in [1.165, 1.54) is 0 Å². The van der Waals surface area contributed by atoms with Gasteiger partial charge in [-0.15, -0.1) is 11.8 Å². The largest absolute Gasteiger partial charge is 0.299 e. The highest BCUT2D eigenvalue weighted by Gasteiger charge is 2.10. The lowest BCUT2D eigenvalue weighted by atomic mass is 10.0. The predicted octanol–water partition coefficient (Wildman–Crippen LogP) is 3.35. The Hall–Kier alpha value is -1.09. The summed E-state index contributed by atoms with van der Waals surface area (Å²) in [5.74, 6) is -0.0486. The normalized spacial score (nSPS) is 10.1. The predicted molar refractivity (Wildman–Crippen MR) is 67.1 cm³/mol. The number of hydrogen-bond donors (Lipinski definition) is 0. The minimum absolute atomic E-state index is 0.0291. The highest BCUT2D eigenvalue weighted by molar-refractivity contribution is 7.98. The molecule has 0 unspecified atom stereocenters. The van der Waals surface area contributed by atoms with E-state index in [-0.39, 0.29) is 18.0 Å². The van der Waals surface area contributed by atoms with Crippen molar-refractivity contribution in [2.75, 3.05) is 6.26 Å². The van der Waals surface area contributed by atoms with Crippen molar-refractivity contribution < 1.29 is 9.59 Å². The van der Waals surface area contributed by atoms with Gasteiger partial charge in [-0.25, -0.2) is 0 Å². The third-order valence-electron chi connectivity index (χ3n) is 2.30. The minimum atomic E-state index is -0.0777. The summed E-state index contributed by atoms with van der Waals surface area (Å²) in [5.41, 5.74) is 0.627. The zero-order valence-corrected chi connectivity index (χ0v) is 10.5. The summed E-state index contributed by atoms with van der Waals surface area (Å²) in [6.45, 7) is 1.94. The van der Waals surface area contributed by atoms with Crippen molar-refractivity contribution in [2.24, 2.45) is 0 Å². The van der Waals surface area contributed by atoms with Gasteiger partial charge in [-0.1, -0.05) is 19.1 Å². The molecule has 0 fully saturated rings. The van der Waals surface area contributed by atoms with Crippen LogP contribution in [0.4, 0.5) is 0 Å². The number of carbonyl (C=O) groups excluding carboxylic acids is 2. The van der Waals surface area contributed by atoms with E-state index in [1.807, 2.05) is 25.3 Å². The van der Waals surface area contributed by atoms with Gasteiger partial charge in [0.2, 0.25) is 0 Å². The molecule has 1 rings (SSSR count). The number of benzene rings is 1. The van der Waals surface area contributed by atoms with E-state index in [1.54, 1.807) is 23.9 Å². The van der Waals surface area contributed by atoms with Crippen molar-refractivity contribution in [3.63, 3.8) is 0 Å². The molecule has 86 valence electrons. The Labute approximate surface area is 100 Å². The molecule has 0 heterocycles. The van der Waals surface area contributed by atoms with E-state index in [2.05, 4.69) is 0 Å². The summed E-state index contributed by atoms with van der Waals surface area (Å²) >= 11 is 1.63. The van der Waals surface area contributed by atoms with Gasteiger partial charge in [0, 0.05) is 16.9 Å². The summed E-state index contributed by atoms with van der Waals surface area (Å²) in [5, 5.41) is 0. The van der Waals surface area contributed by atoms with Crippen LogP contribution < -0.4 is 0 Å². The molecule has 0 aliphatic heterocycles. The van der Waals surface area contributed by atoms with Gasteiger partial charge in [-0.3, -0.25) is 9.59 Å². The SMILES string of the molecule is CCCC(=O)CC(=O)c1ccc(SC)cc1. The third-order valence-corrected chi connectivity index (χ3v) is 3.04. The average molecular weight is 236 g/mol. The zero-order chi connectivity index (χ0) is 12.0. The van der Waals surface area contributed by atoms with Crippen molar-refractivity contribution in [1.82, 2.24) is 0 Å². The van der Waals surface area contributed by atoms with E-state index >= 15 is 0 Å². The molecular formula is C13H16O2S. The van der Waals surface area contributed by atoms with Gasteiger partial charge in [0.15, 0.2) is 5.78 Å². The second-order valence-corrected chi connectivity index (χ2v) is 4.50. The Bertz CT molecular complexity index is 368. The molecule has 0 aliphatic carbocycles. The first-order valence-electron chi connectivity index (χ1n) is 5.36. The van der Waals surface area contributed by atoms with E-state index in [0.717, 1.165) is 11.3 Å².